The lowest BCUT2D eigenvalue weighted by molar-refractivity contribution is -0.145. The van der Waals surface area contributed by atoms with Gasteiger partial charge in [0.05, 0.1) is 6.10 Å². The minimum absolute atomic E-state index is 0.410. The maximum Gasteiger partial charge on any atom is 0.323 e. The van der Waals surface area contributed by atoms with Crippen molar-refractivity contribution in [1.29, 1.82) is 0 Å². The largest absolute Gasteiger partial charge is 0.480 e. The second-order valence-electron chi connectivity index (χ2n) is 5.90. The molecular formula is C16H31NO3. The highest BCUT2D eigenvalue weighted by molar-refractivity contribution is 5.78. The number of nitrogens with one attached hydrogen (secondary N) is 1. The number of hydrogen-bond donors (Lipinski definition) is 2. The van der Waals surface area contributed by atoms with Gasteiger partial charge in [0.1, 0.15) is 5.54 Å². The van der Waals surface area contributed by atoms with Crippen molar-refractivity contribution in [2.75, 3.05) is 13.2 Å². The lowest BCUT2D eigenvalue weighted by atomic mass is 9.90. The van der Waals surface area contributed by atoms with Crippen LogP contribution in [-0.4, -0.2) is 35.9 Å². The molecule has 0 bridgehead atoms. The number of rotatable bonds is 10. The van der Waals surface area contributed by atoms with Crippen LogP contribution >= 0.6 is 0 Å². The predicted octanol–water partition coefficient (Wildman–Crippen LogP) is 3.35. The molecule has 118 valence electrons. The van der Waals surface area contributed by atoms with Gasteiger partial charge in [0.25, 0.3) is 0 Å². The highest BCUT2D eigenvalue weighted by Crippen LogP contribution is 2.22. The van der Waals surface area contributed by atoms with E-state index in [1.807, 2.05) is 6.92 Å². The van der Waals surface area contributed by atoms with E-state index >= 15 is 0 Å². The topological polar surface area (TPSA) is 58.6 Å². The fourth-order valence-electron chi connectivity index (χ4n) is 2.94. The number of carboxylic acids is 1. The van der Waals surface area contributed by atoms with Crippen molar-refractivity contribution in [1.82, 2.24) is 5.32 Å². The van der Waals surface area contributed by atoms with Crippen molar-refractivity contribution in [2.45, 2.75) is 83.3 Å². The Morgan fingerprint density at radius 3 is 2.55 bits per heavy atom. The summed E-state index contributed by atoms with van der Waals surface area (Å²) in [5, 5.41) is 12.7. The number of hydrogen-bond acceptors (Lipinski definition) is 3. The molecule has 0 spiro atoms. The molecule has 1 atom stereocenters. The first-order valence-corrected chi connectivity index (χ1v) is 8.24. The third-order valence-corrected chi connectivity index (χ3v) is 4.38. The molecule has 1 rings (SSSR count). The Morgan fingerprint density at radius 1 is 1.30 bits per heavy atom. The van der Waals surface area contributed by atoms with Crippen molar-refractivity contribution >= 4 is 5.97 Å². The van der Waals surface area contributed by atoms with Gasteiger partial charge in [-0.1, -0.05) is 33.1 Å². The third-order valence-electron chi connectivity index (χ3n) is 4.38. The van der Waals surface area contributed by atoms with Crippen LogP contribution in [0.25, 0.3) is 0 Å². The summed E-state index contributed by atoms with van der Waals surface area (Å²) in [5.74, 6) is -0.730. The molecule has 1 unspecified atom stereocenters. The first-order chi connectivity index (χ1) is 9.64. The molecule has 1 fully saturated rings. The van der Waals surface area contributed by atoms with Crippen LogP contribution in [-0.2, 0) is 9.53 Å². The van der Waals surface area contributed by atoms with E-state index in [1.165, 1.54) is 32.1 Å². The van der Waals surface area contributed by atoms with E-state index in [0.717, 1.165) is 19.4 Å². The fourth-order valence-corrected chi connectivity index (χ4v) is 2.94. The lowest BCUT2D eigenvalue weighted by Gasteiger charge is -2.30. The van der Waals surface area contributed by atoms with Gasteiger partial charge in [-0.05, 0) is 45.1 Å². The molecule has 0 aromatic rings. The summed E-state index contributed by atoms with van der Waals surface area (Å²) < 4.78 is 5.89. The van der Waals surface area contributed by atoms with Crippen LogP contribution in [0.15, 0.2) is 0 Å². The zero-order valence-corrected chi connectivity index (χ0v) is 13.1. The van der Waals surface area contributed by atoms with Crippen LogP contribution in [0.5, 0.6) is 0 Å². The molecule has 4 heteroatoms. The average molecular weight is 285 g/mol. The zero-order valence-electron chi connectivity index (χ0n) is 13.1. The highest BCUT2D eigenvalue weighted by atomic mass is 16.5. The number of ether oxygens (including phenoxy) is 1. The molecule has 0 saturated heterocycles. The van der Waals surface area contributed by atoms with E-state index in [-0.39, 0.29) is 0 Å². The SMILES string of the molecule is CCCNC(CC)(CCCOC1CCCCC1)C(=O)O. The number of carbonyl (C=O) groups is 1. The van der Waals surface area contributed by atoms with Gasteiger partial charge >= 0.3 is 5.97 Å². The van der Waals surface area contributed by atoms with Crippen LogP contribution in [0.2, 0.25) is 0 Å². The Hall–Kier alpha value is -0.610. The molecule has 0 heterocycles. The Morgan fingerprint density at radius 2 is 2.00 bits per heavy atom. The fraction of sp³-hybridized carbons (Fsp3) is 0.938. The van der Waals surface area contributed by atoms with E-state index in [0.29, 0.717) is 25.6 Å². The van der Waals surface area contributed by atoms with Gasteiger partial charge in [0.15, 0.2) is 0 Å². The third kappa shape index (κ3) is 5.41. The molecule has 0 aromatic carbocycles. The van der Waals surface area contributed by atoms with Crippen molar-refractivity contribution < 1.29 is 14.6 Å². The van der Waals surface area contributed by atoms with Crippen LogP contribution in [0, 0.1) is 0 Å². The van der Waals surface area contributed by atoms with E-state index in [4.69, 9.17) is 4.74 Å². The highest BCUT2D eigenvalue weighted by Gasteiger charge is 2.35. The zero-order chi connectivity index (χ0) is 14.8. The van der Waals surface area contributed by atoms with E-state index in [2.05, 4.69) is 12.2 Å². The first kappa shape index (κ1) is 17.4. The normalized spacial score (nSPS) is 19.7. The monoisotopic (exact) mass is 285 g/mol. The van der Waals surface area contributed by atoms with Crippen LogP contribution in [0.4, 0.5) is 0 Å². The summed E-state index contributed by atoms with van der Waals surface area (Å²) in [6, 6.07) is 0. The molecule has 0 aliphatic heterocycles. The minimum atomic E-state index is -0.772. The Balaban J connectivity index is 2.31. The van der Waals surface area contributed by atoms with E-state index in [9.17, 15) is 9.90 Å². The summed E-state index contributed by atoms with van der Waals surface area (Å²) in [6.07, 6.45) is 9.66. The van der Waals surface area contributed by atoms with Gasteiger partial charge < -0.3 is 15.2 Å². The summed E-state index contributed by atoms with van der Waals surface area (Å²) in [4.78, 5) is 11.6. The van der Waals surface area contributed by atoms with E-state index < -0.39 is 11.5 Å². The Bertz CT molecular complexity index is 277. The maximum absolute atomic E-state index is 11.6. The lowest BCUT2D eigenvalue weighted by Crippen LogP contribution is -2.52. The summed E-state index contributed by atoms with van der Waals surface area (Å²) in [5.41, 5.74) is -0.772. The minimum Gasteiger partial charge on any atom is -0.480 e. The Labute approximate surface area is 123 Å². The van der Waals surface area contributed by atoms with Crippen molar-refractivity contribution in [3.05, 3.63) is 0 Å². The molecule has 0 aromatic heterocycles. The van der Waals surface area contributed by atoms with Gasteiger partial charge in [0, 0.05) is 6.61 Å². The molecule has 4 nitrogen and oxygen atoms in total. The molecular weight excluding hydrogens is 254 g/mol. The van der Waals surface area contributed by atoms with Crippen molar-refractivity contribution in [3.63, 3.8) is 0 Å². The van der Waals surface area contributed by atoms with Crippen LogP contribution in [0.1, 0.15) is 71.6 Å². The van der Waals surface area contributed by atoms with Crippen LogP contribution in [0.3, 0.4) is 0 Å². The average Bonchev–Trinajstić information content (AvgIpc) is 2.47. The molecule has 0 amide bonds. The summed E-state index contributed by atoms with van der Waals surface area (Å²) in [7, 11) is 0. The number of aliphatic carboxylic acids is 1. The van der Waals surface area contributed by atoms with Crippen molar-refractivity contribution in [2.24, 2.45) is 0 Å². The number of carboxylic acid groups (broad SMARTS) is 1. The molecule has 1 aliphatic rings. The van der Waals surface area contributed by atoms with Crippen molar-refractivity contribution in [3.8, 4) is 0 Å². The van der Waals surface area contributed by atoms with Crippen LogP contribution < -0.4 is 5.32 Å². The smallest absolute Gasteiger partial charge is 0.323 e. The molecule has 20 heavy (non-hydrogen) atoms. The second-order valence-corrected chi connectivity index (χ2v) is 5.90. The Kier molecular flexibility index (Phi) is 8.15. The van der Waals surface area contributed by atoms with Gasteiger partial charge in [0.2, 0.25) is 0 Å². The van der Waals surface area contributed by atoms with Gasteiger partial charge in [-0.2, -0.15) is 0 Å². The molecule has 1 aliphatic carbocycles. The molecule has 2 N–H and O–H groups in total. The standard InChI is InChI=1S/C16H31NO3/c1-3-12-17-16(4-2,15(18)19)11-8-13-20-14-9-6-5-7-10-14/h14,17H,3-13H2,1-2H3,(H,18,19). The quantitative estimate of drug-likeness (QED) is 0.604. The molecule has 0 radical (unpaired) electrons. The predicted molar refractivity (Wildman–Crippen MR) is 81.0 cm³/mol. The maximum atomic E-state index is 11.6. The first-order valence-electron chi connectivity index (χ1n) is 8.24. The van der Waals surface area contributed by atoms with Gasteiger partial charge in [-0.25, -0.2) is 0 Å². The van der Waals surface area contributed by atoms with Gasteiger partial charge in [-0.15, -0.1) is 0 Å². The molecule has 1 saturated carbocycles. The second kappa shape index (κ2) is 9.35. The summed E-state index contributed by atoms with van der Waals surface area (Å²) >= 11 is 0. The van der Waals surface area contributed by atoms with E-state index in [1.54, 1.807) is 0 Å². The van der Waals surface area contributed by atoms with Gasteiger partial charge in [-0.3, -0.25) is 4.79 Å². The summed E-state index contributed by atoms with van der Waals surface area (Å²) in [6.45, 7) is 5.44.